The summed E-state index contributed by atoms with van der Waals surface area (Å²) in [7, 11) is 0. The van der Waals surface area contributed by atoms with Crippen LogP contribution in [0.1, 0.15) is 42.3 Å². The largest absolute Gasteiger partial charge is 0.467 e. The van der Waals surface area contributed by atoms with Gasteiger partial charge < -0.3 is 19.4 Å². The predicted octanol–water partition coefficient (Wildman–Crippen LogP) is 3.50. The quantitative estimate of drug-likeness (QED) is 0.867. The van der Waals surface area contributed by atoms with Crippen LogP contribution in [0, 0.1) is 6.92 Å². The lowest BCUT2D eigenvalue weighted by Gasteiger charge is -2.26. The molecule has 7 heteroatoms. The minimum atomic E-state index is -0.133. The summed E-state index contributed by atoms with van der Waals surface area (Å²) in [4.78, 5) is 18.9. The monoisotopic (exact) mass is 349 g/mol. The fourth-order valence-electron chi connectivity index (χ4n) is 2.77. The van der Waals surface area contributed by atoms with E-state index in [9.17, 15) is 4.79 Å². The Morgan fingerprint density at radius 1 is 1.58 bits per heavy atom. The molecule has 2 amide bonds. The average molecular weight is 349 g/mol. The second-order valence-electron chi connectivity index (χ2n) is 6.06. The maximum Gasteiger partial charge on any atom is 0.318 e. The SMILES string of the molecule is Cc1nc([C@H](C)NC(=O)N(Cc2ccco2)C[C@@H]2CCCO2)cs1. The van der Waals surface area contributed by atoms with Gasteiger partial charge in [0, 0.05) is 18.5 Å². The summed E-state index contributed by atoms with van der Waals surface area (Å²) in [6.45, 7) is 5.68. The van der Waals surface area contributed by atoms with E-state index in [1.807, 2.05) is 31.4 Å². The summed E-state index contributed by atoms with van der Waals surface area (Å²) < 4.78 is 11.1. The molecular formula is C17H23N3O3S. The van der Waals surface area contributed by atoms with Crippen molar-refractivity contribution >= 4 is 17.4 Å². The highest BCUT2D eigenvalue weighted by atomic mass is 32.1. The fourth-order valence-corrected chi connectivity index (χ4v) is 3.48. The Labute approximate surface area is 145 Å². The highest BCUT2D eigenvalue weighted by Gasteiger charge is 2.25. The molecular weight excluding hydrogens is 326 g/mol. The number of furan rings is 1. The van der Waals surface area contributed by atoms with E-state index in [0.29, 0.717) is 13.1 Å². The average Bonchev–Trinajstić information content (AvgIpc) is 3.28. The highest BCUT2D eigenvalue weighted by molar-refractivity contribution is 7.09. The number of aromatic nitrogens is 1. The summed E-state index contributed by atoms with van der Waals surface area (Å²) in [6.07, 6.45) is 3.76. The maximum absolute atomic E-state index is 12.7. The molecule has 0 saturated carbocycles. The van der Waals surface area contributed by atoms with Crippen LogP contribution in [-0.4, -0.2) is 35.2 Å². The zero-order valence-electron chi connectivity index (χ0n) is 14.0. The molecule has 2 aromatic heterocycles. The molecule has 1 saturated heterocycles. The minimum Gasteiger partial charge on any atom is -0.467 e. The zero-order valence-corrected chi connectivity index (χ0v) is 14.8. The molecule has 0 unspecified atom stereocenters. The van der Waals surface area contributed by atoms with Gasteiger partial charge in [-0.25, -0.2) is 9.78 Å². The van der Waals surface area contributed by atoms with Crippen molar-refractivity contribution in [3.05, 3.63) is 40.2 Å². The Hall–Kier alpha value is -1.86. The number of amides is 2. The van der Waals surface area contributed by atoms with Crippen molar-refractivity contribution in [2.45, 2.75) is 45.4 Å². The van der Waals surface area contributed by atoms with Crippen LogP contribution in [0.5, 0.6) is 0 Å². The van der Waals surface area contributed by atoms with Gasteiger partial charge in [0.2, 0.25) is 0 Å². The summed E-state index contributed by atoms with van der Waals surface area (Å²) >= 11 is 1.59. The van der Waals surface area contributed by atoms with Gasteiger partial charge in [-0.15, -0.1) is 11.3 Å². The molecule has 2 atom stereocenters. The van der Waals surface area contributed by atoms with E-state index in [2.05, 4.69) is 10.3 Å². The first-order valence-electron chi connectivity index (χ1n) is 8.23. The number of urea groups is 1. The third-order valence-corrected chi connectivity index (χ3v) is 4.87. The van der Waals surface area contributed by atoms with Crippen molar-refractivity contribution < 1.29 is 13.9 Å². The first kappa shape index (κ1) is 17.0. The first-order chi connectivity index (χ1) is 11.6. The number of rotatable bonds is 6. The summed E-state index contributed by atoms with van der Waals surface area (Å²) in [5, 5.41) is 6.01. The number of nitrogens with one attached hydrogen (secondary N) is 1. The summed E-state index contributed by atoms with van der Waals surface area (Å²) in [5.41, 5.74) is 0.890. The third-order valence-electron chi connectivity index (χ3n) is 4.08. The number of hydrogen-bond donors (Lipinski definition) is 1. The number of carbonyl (C=O) groups is 1. The smallest absolute Gasteiger partial charge is 0.318 e. The molecule has 0 aliphatic carbocycles. The van der Waals surface area contributed by atoms with Gasteiger partial charge in [0.05, 0.1) is 35.7 Å². The Kier molecular flexibility index (Phi) is 5.52. The Bertz CT molecular complexity index is 650. The van der Waals surface area contributed by atoms with Crippen molar-refractivity contribution in [2.24, 2.45) is 0 Å². The van der Waals surface area contributed by atoms with Gasteiger partial charge in [-0.3, -0.25) is 0 Å². The van der Waals surface area contributed by atoms with Crippen LogP contribution in [0.2, 0.25) is 0 Å². The van der Waals surface area contributed by atoms with Gasteiger partial charge in [0.15, 0.2) is 0 Å². The minimum absolute atomic E-state index is 0.0996. The van der Waals surface area contributed by atoms with Crippen LogP contribution in [0.4, 0.5) is 4.79 Å². The Balaban J connectivity index is 1.64. The standard InChI is InChI=1S/C17H23N3O3S/c1-12(16-11-24-13(2)19-16)18-17(21)20(9-14-5-3-7-22-14)10-15-6-4-8-23-15/h3,5,7,11-12,15H,4,6,8-10H2,1-2H3,(H,18,21)/t12-,15-/m0/s1. The van der Waals surface area contributed by atoms with Gasteiger partial charge in [0.1, 0.15) is 5.76 Å². The number of hydrogen-bond acceptors (Lipinski definition) is 5. The van der Waals surface area contributed by atoms with Crippen molar-refractivity contribution in [3.8, 4) is 0 Å². The molecule has 1 N–H and O–H groups in total. The Morgan fingerprint density at radius 2 is 2.46 bits per heavy atom. The van der Waals surface area contributed by atoms with E-state index < -0.39 is 0 Å². The van der Waals surface area contributed by atoms with Gasteiger partial charge in [-0.05, 0) is 38.8 Å². The molecule has 1 fully saturated rings. The van der Waals surface area contributed by atoms with Crippen molar-refractivity contribution in [1.82, 2.24) is 15.2 Å². The van der Waals surface area contributed by atoms with E-state index in [-0.39, 0.29) is 18.2 Å². The molecule has 1 aliphatic heterocycles. The molecule has 3 heterocycles. The molecule has 2 aromatic rings. The van der Waals surface area contributed by atoms with Gasteiger partial charge in [0.25, 0.3) is 0 Å². The number of aryl methyl sites for hydroxylation is 1. The molecule has 0 radical (unpaired) electrons. The van der Waals surface area contributed by atoms with E-state index in [1.54, 1.807) is 22.5 Å². The van der Waals surface area contributed by atoms with E-state index >= 15 is 0 Å². The lowest BCUT2D eigenvalue weighted by atomic mass is 10.2. The Morgan fingerprint density at radius 3 is 3.08 bits per heavy atom. The molecule has 0 spiro atoms. The van der Waals surface area contributed by atoms with Crippen LogP contribution >= 0.6 is 11.3 Å². The van der Waals surface area contributed by atoms with Crippen molar-refractivity contribution in [2.75, 3.05) is 13.2 Å². The summed E-state index contributed by atoms with van der Waals surface area (Å²) in [6, 6.07) is 3.45. The second kappa shape index (κ2) is 7.81. The van der Waals surface area contributed by atoms with Crippen LogP contribution < -0.4 is 5.32 Å². The van der Waals surface area contributed by atoms with Gasteiger partial charge in [-0.1, -0.05) is 0 Å². The van der Waals surface area contributed by atoms with Crippen molar-refractivity contribution in [3.63, 3.8) is 0 Å². The normalized spacial score (nSPS) is 18.5. The van der Waals surface area contributed by atoms with Crippen LogP contribution in [-0.2, 0) is 11.3 Å². The molecule has 130 valence electrons. The second-order valence-corrected chi connectivity index (χ2v) is 7.12. The molecule has 1 aliphatic rings. The van der Waals surface area contributed by atoms with Crippen molar-refractivity contribution in [1.29, 1.82) is 0 Å². The fraction of sp³-hybridized carbons (Fsp3) is 0.529. The number of carbonyl (C=O) groups excluding carboxylic acids is 1. The van der Waals surface area contributed by atoms with Crippen LogP contribution in [0.15, 0.2) is 28.2 Å². The highest BCUT2D eigenvalue weighted by Crippen LogP contribution is 2.18. The van der Waals surface area contributed by atoms with E-state index in [0.717, 1.165) is 35.9 Å². The molecule has 0 bridgehead atoms. The zero-order chi connectivity index (χ0) is 16.9. The van der Waals surface area contributed by atoms with Crippen LogP contribution in [0.3, 0.4) is 0 Å². The molecule has 6 nitrogen and oxygen atoms in total. The lowest BCUT2D eigenvalue weighted by molar-refractivity contribution is 0.0772. The van der Waals surface area contributed by atoms with E-state index in [4.69, 9.17) is 9.15 Å². The number of nitrogens with zero attached hydrogens (tertiary/aromatic N) is 2. The third kappa shape index (κ3) is 4.36. The number of thiazole rings is 1. The maximum atomic E-state index is 12.7. The summed E-state index contributed by atoms with van der Waals surface area (Å²) in [5.74, 6) is 0.764. The first-order valence-corrected chi connectivity index (χ1v) is 9.11. The predicted molar refractivity (Wildman–Crippen MR) is 91.9 cm³/mol. The molecule has 0 aromatic carbocycles. The van der Waals surface area contributed by atoms with Gasteiger partial charge >= 0.3 is 6.03 Å². The van der Waals surface area contributed by atoms with Crippen LogP contribution in [0.25, 0.3) is 0 Å². The number of ether oxygens (including phenoxy) is 1. The molecule has 3 rings (SSSR count). The van der Waals surface area contributed by atoms with Gasteiger partial charge in [-0.2, -0.15) is 0 Å². The lowest BCUT2D eigenvalue weighted by Crippen LogP contribution is -2.44. The topological polar surface area (TPSA) is 67.6 Å². The van der Waals surface area contributed by atoms with E-state index in [1.165, 1.54) is 0 Å². The molecule has 24 heavy (non-hydrogen) atoms.